The number of likely N-dealkylation sites (tertiary alicyclic amines) is 1. The number of aliphatic hydroxyl groups excluding tert-OH is 1. The molecule has 8 nitrogen and oxygen atoms in total. The molecule has 23 heavy (non-hydrogen) atoms. The molecule has 1 aromatic rings. The van der Waals surface area contributed by atoms with E-state index >= 15 is 0 Å². The third kappa shape index (κ3) is 4.26. The molecule has 1 aromatic carbocycles. The van der Waals surface area contributed by atoms with Crippen molar-refractivity contribution in [3.63, 3.8) is 0 Å². The van der Waals surface area contributed by atoms with E-state index in [0.717, 1.165) is 0 Å². The molecule has 1 aliphatic heterocycles. The van der Waals surface area contributed by atoms with Gasteiger partial charge in [-0.05, 0) is 37.5 Å². The maximum absolute atomic E-state index is 12.1. The Hall–Kier alpha value is -2.48. The highest BCUT2D eigenvalue weighted by Gasteiger charge is 2.34. The Morgan fingerprint density at radius 2 is 2.00 bits per heavy atom. The van der Waals surface area contributed by atoms with Gasteiger partial charge in [-0.25, -0.2) is 4.79 Å². The van der Waals surface area contributed by atoms with Crippen molar-refractivity contribution < 1.29 is 24.4 Å². The SMILES string of the molecule is CC(=O)[C@@H]1CC[C@@H](O)CN1C(=O)OCc1ccc([N+](=O)[O-])cc1. The zero-order chi connectivity index (χ0) is 17.0. The van der Waals surface area contributed by atoms with Gasteiger partial charge in [-0.15, -0.1) is 0 Å². The summed E-state index contributed by atoms with van der Waals surface area (Å²) in [6.45, 7) is 1.40. The van der Waals surface area contributed by atoms with Gasteiger partial charge in [0.05, 0.1) is 23.6 Å². The summed E-state index contributed by atoms with van der Waals surface area (Å²) in [5.41, 5.74) is 0.553. The number of piperidine rings is 1. The number of hydrogen-bond donors (Lipinski definition) is 1. The van der Waals surface area contributed by atoms with Crippen LogP contribution < -0.4 is 0 Å². The van der Waals surface area contributed by atoms with Crippen LogP contribution in [0.1, 0.15) is 25.3 Å². The van der Waals surface area contributed by atoms with E-state index in [-0.39, 0.29) is 24.6 Å². The number of rotatable bonds is 4. The second-order valence-electron chi connectivity index (χ2n) is 5.49. The number of ether oxygens (including phenoxy) is 1. The average Bonchev–Trinajstić information content (AvgIpc) is 2.52. The second-order valence-corrected chi connectivity index (χ2v) is 5.49. The smallest absolute Gasteiger partial charge is 0.410 e. The van der Waals surface area contributed by atoms with Crippen molar-refractivity contribution in [2.75, 3.05) is 6.54 Å². The Morgan fingerprint density at radius 3 is 2.57 bits per heavy atom. The molecule has 0 bridgehead atoms. The zero-order valence-corrected chi connectivity index (χ0v) is 12.7. The Morgan fingerprint density at radius 1 is 1.35 bits per heavy atom. The molecule has 1 amide bonds. The van der Waals surface area contributed by atoms with E-state index < -0.39 is 23.2 Å². The number of nitro benzene ring substituents is 1. The highest BCUT2D eigenvalue weighted by atomic mass is 16.6. The van der Waals surface area contributed by atoms with Gasteiger partial charge in [0.15, 0.2) is 5.78 Å². The molecular formula is C15H18N2O6. The van der Waals surface area contributed by atoms with Gasteiger partial charge in [0, 0.05) is 12.1 Å². The minimum Gasteiger partial charge on any atom is -0.445 e. The summed E-state index contributed by atoms with van der Waals surface area (Å²) in [4.78, 5) is 35.0. The van der Waals surface area contributed by atoms with Crippen molar-refractivity contribution in [3.05, 3.63) is 39.9 Å². The van der Waals surface area contributed by atoms with Crippen molar-refractivity contribution >= 4 is 17.6 Å². The van der Waals surface area contributed by atoms with Gasteiger partial charge in [0.2, 0.25) is 0 Å². The number of aliphatic hydroxyl groups is 1. The first kappa shape index (κ1) is 16.9. The Bertz CT molecular complexity index is 600. The monoisotopic (exact) mass is 322 g/mol. The summed E-state index contributed by atoms with van der Waals surface area (Å²) in [6.07, 6.45) is -0.473. The number of ketones is 1. The summed E-state index contributed by atoms with van der Waals surface area (Å²) < 4.78 is 5.15. The van der Waals surface area contributed by atoms with E-state index in [1.165, 1.54) is 36.1 Å². The molecule has 0 saturated carbocycles. The van der Waals surface area contributed by atoms with E-state index in [1.807, 2.05) is 0 Å². The van der Waals surface area contributed by atoms with E-state index in [4.69, 9.17) is 4.74 Å². The number of carbonyl (C=O) groups is 2. The molecule has 8 heteroatoms. The van der Waals surface area contributed by atoms with Crippen molar-refractivity contribution in [2.45, 2.75) is 38.5 Å². The number of carbonyl (C=O) groups excluding carboxylic acids is 2. The standard InChI is InChI=1S/C15H18N2O6/c1-10(18)14-7-6-13(19)8-16(14)15(20)23-9-11-2-4-12(5-3-11)17(21)22/h2-5,13-14,19H,6-9H2,1H3/t13-,14+/m1/s1. The number of benzene rings is 1. The van der Waals surface area contributed by atoms with E-state index in [9.17, 15) is 24.8 Å². The summed E-state index contributed by atoms with van der Waals surface area (Å²) >= 11 is 0. The van der Waals surface area contributed by atoms with Crippen LogP contribution >= 0.6 is 0 Å². The van der Waals surface area contributed by atoms with Crippen LogP contribution in [0.4, 0.5) is 10.5 Å². The van der Waals surface area contributed by atoms with Crippen LogP contribution in [-0.2, 0) is 16.1 Å². The van der Waals surface area contributed by atoms with Crippen molar-refractivity contribution in [3.8, 4) is 0 Å². The Labute approximate surface area is 132 Å². The van der Waals surface area contributed by atoms with Crippen molar-refractivity contribution in [1.29, 1.82) is 0 Å². The molecule has 0 aromatic heterocycles. The zero-order valence-electron chi connectivity index (χ0n) is 12.7. The third-order valence-electron chi connectivity index (χ3n) is 3.77. The van der Waals surface area contributed by atoms with Gasteiger partial charge in [0.1, 0.15) is 6.61 Å². The summed E-state index contributed by atoms with van der Waals surface area (Å²) in [5, 5.41) is 20.2. The predicted molar refractivity (Wildman–Crippen MR) is 79.7 cm³/mol. The minimum absolute atomic E-state index is 0.0455. The molecule has 0 aliphatic carbocycles. The van der Waals surface area contributed by atoms with E-state index in [2.05, 4.69) is 0 Å². The lowest BCUT2D eigenvalue weighted by Crippen LogP contribution is -2.51. The fraction of sp³-hybridized carbons (Fsp3) is 0.467. The fourth-order valence-corrected chi connectivity index (χ4v) is 2.52. The minimum atomic E-state index is -0.678. The van der Waals surface area contributed by atoms with Crippen LogP contribution in [0.3, 0.4) is 0 Å². The highest BCUT2D eigenvalue weighted by Crippen LogP contribution is 2.20. The summed E-state index contributed by atoms with van der Waals surface area (Å²) in [7, 11) is 0. The molecule has 1 saturated heterocycles. The normalized spacial score (nSPS) is 20.9. The first-order valence-electron chi connectivity index (χ1n) is 7.23. The lowest BCUT2D eigenvalue weighted by molar-refractivity contribution is -0.384. The Kier molecular flexibility index (Phi) is 5.28. The quantitative estimate of drug-likeness (QED) is 0.666. The van der Waals surface area contributed by atoms with Crippen LogP contribution in [0, 0.1) is 10.1 Å². The maximum atomic E-state index is 12.1. The van der Waals surface area contributed by atoms with Crippen molar-refractivity contribution in [1.82, 2.24) is 4.90 Å². The number of amides is 1. The van der Waals surface area contributed by atoms with E-state index in [1.54, 1.807) is 0 Å². The largest absolute Gasteiger partial charge is 0.445 e. The molecule has 2 atom stereocenters. The first-order chi connectivity index (χ1) is 10.9. The predicted octanol–water partition coefficient (Wildman–Crippen LogP) is 1.65. The molecule has 1 fully saturated rings. The second kappa shape index (κ2) is 7.19. The molecule has 1 N–H and O–H groups in total. The van der Waals surface area contributed by atoms with Gasteiger partial charge in [-0.2, -0.15) is 0 Å². The highest BCUT2D eigenvalue weighted by molar-refractivity contribution is 5.85. The molecule has 1 heterocycles. The molecule has 0 radical (unpaired) electrons. The number of β-amino-alcohol motifs (C(OH)–C–C–N with tert-alkyl or cyclic N) is 1. The number of nitrogens with zero attached hydrogens (tertiary/aromatic N) is 2. The average molecular weight is 322 g/mol. The topological polar surface area (TPSA) is 110 Å². The van der Waals surface area contributed by atoms with Crippen LogP contribution in [-0.4, -0.2) is 45.5 Å². The number of Topliss-reactive ketones (excluding diaryl/α,β-unsaturated/α-hetero) is 1. The summed E-state index contributed by atoms with van der Waals surface area (Å²) in [5.74, 6) is -0.149. The maximum Gasteiger partial charge on any atom is 0.410 e. The van der Waals surface area contributed by atoms with Gasteiger partial charge in [0.25, 0.3) is 5.69 Å². The lowest BCUT2D eigenvalue weighted by atomic mass is 9.98. The lowest BCUT2D eigenvalue weighted by Gasteiger charge is -2.35. The van der Waals surface area contributed by atoms with Gasteiger partial charge >= 0.3 is 6.09 Å². The number of hydrogen-bond acceptors (Lipinski definition) is 6. The molecule has 2 rings (SSSR count). The summed E-state index contributed by atoms with van der Waals surface area (Å²) in [6, 6.07) is 5.07. The molecular weight excluding hydrogens is 304 g/mol. The fourth-order valence-electron chi connectivity index (χ4n) is 2.52. The van der Waals surface area contributed by atoms with Crippen LogP contribution in [0.25, 0.3) is 0 Å². The molecule has 1 aliphatic rings. The van der Waals surface area contributed by atoms with Crippen LogP contribution in [0.2, 0.25) is 0 Å². The molecule has 0 unspecified atom stereocenters. The third-order valence-corrected chi connectivity index (χ3v) is 3.77. The van der Waals surface area contributed by atoms with Gasteiger partial charge in [-0.1, -0.05) is 0 Å². The van der Waals surface area contributed by atoms with Crippen LogP contribution in [0.5, 0.6) is 0 Å². The first-order valence-corrected chi connectivity index (χ1v) is 7.23. The Balaban J connectivity index is 1.97. The molecule has 0 spiro atoms. The van der Waals surface area contributed by atoms with Crippen molar-refractivity contribution in [2.24, 2.45) is 0 Å². The molecule has 124 valence electrons. The van der Waals surface area contributed by atoms with E-state index in [0.29, 0.717) is 18.4 Å². The number of nitro groups is 1. The van der Waals surface area contributed by atoms with Crippen LogP contribution in [0.15, 0.2) is 24.3 Å². The number of non-ortho nitro benzene ring substituents is 1. The van der Waals surface area contributed by atoms with Gasteiger partial charge < -0.3 is 9.84 Å². The van der Waals surface area contributed by atoms with Gasteiger partial charge in [-0.3, -0.25) is 19.8 Å².